The lowest BCUT2D eigenvalue weighted by Crippen LogP contribution is -2.30. The molecule has 0 unspecified atom stereocenters. The topological polar surface area (TPSA) is 66.3 Å². The molecule has 0 saturated carbocycles. The van der Waals surface area contributed by atoms with Crippen molar-refractivity contribution in [1.29, 1.82) is 0 Å². The smallest absolute Gasteiger partial charge is 0.259 e. The number of fused-ring (bicyclic) bond motifs is 2. The first kappa shape index (κ1) is 18.1. The number of hydrogen-bond donors (Lipinski definition) is 1. The fourth-order valence-electron chi connectivity index (χ4n) is 4.48. The summed E-state index contributed by atoms with van der Waals surface area (Å²) < 4.78 is 2.03. The van der Waals surface area contributed by atoms with Crippen LogP contribution in [0, 0.1) is 13.8 Å². The molecule has 1 aromatic carbocycles. The van der Waals surface area contributed by atoms with E-state index in [-0.39, 0.29) is 5.56 Å². The Labute approximate surface area is 169 Å². The third kappa shape index (κ3) is 3.13. The highest BCUT2D eigenvalue weighted by atomic mass is 16.1. The van der Waals surface area contributed by atoms with Crippen molar-refractivity contribution in [3.63, 3.8) is 0 Å². The maximum atomic E-state index is 13.0. The molecule has 0 amide bonds. The average Bonchev–Trinajstić information content (AvgIpc) is 3.07. The van der Waals surface area contributed by atoms with Gasteiger partial charge in [-0.3, -0.25) is 4.79 Å². The third-order valence-corrected chi connectivity index (χ3v) is 6.14. The summed E-state index contributed by atoms with van der Waals surface area (Å²) in [6, 6.07) is 8.13. The number of rotatable bonds is 2. The Kier molecular flexibility index (Phi) is 4.24. The van der Waals surface area contributed by atoms with Gasteiger partial charge in [0, 0.05) is 18.3 Å². The molecule has 1 saturated heterocycles. The van der Waals surface area contributed by atoms with Crippen LogP contribution in [0.15, 0.2) is 41.5 Å². The summed E-state index contributed by atoms with van der Waals surface area (Å²) in [5, 5.41) is 0.682. The van der Waals surface area contributed by atoms with E-state index in [1.165, 1.54) is 0 Å². The first-order chi connectivity index (χ1) is 14.0. The molecule has 6 nitrogen and oxygen atoms in total. The molecule has 1 N–H and O–H groups in total. The number of nitrogens with zero attached hydrogens (tertiary/aromatic N) is 4. The van der Waals surface area contributed by atoms with Crippen molar-refractivity contribution >= 4 is 16.6 Å². The number of piperidine rings is 1. The third-order valence-electron chi connectivity index (χ3n) is 6.14. The number of H-pyrrole nitrogens is 1. The number of likely N-dealkylation sites (tertiary alicyclic amines) is 1. The van der Waals surface area contributed by atoms with Gasteiger partial charge in [-0.15, -0.1) is 0 Å². The number of imidazole rings is 1. The second-order valence-electron chi connectivity index (χ2n) is 8.23. The average molecular weight is 387 g/mol. The van der Waals surface area contributed by atoms with Gasteiger partial charge in [0.05, 0.1) is 16.6 Å². The Morgan fingerprint density at radius 1 is 1.03 bits per heavy atom. The monoisotopic (exact) mass is 387 g/mol. The van der Waals surface area contributed by atoms with Gasteiger partial charge in [0.15, 0.2) is 0 Å². The first-order valence-corrected chi connectivity index (χ1v) is 10.2. The molecule has 0 spiro atoms. The largest absolute Gasteiger partial charge is 0.310 e. The minimum absolute atomic E-state index is 0.0390. The molecule has 0 aliphatic carbocycles. The van der Waals surface area contributed by atoms with Crippen LogP contribution >= 0.6 is 0 Å². The van der Waals surface area contributed by atoms with Crippen LogP contribution in [0.1, 0.15) is 35.8 Å². The van der Waals surface area contributed by atoms with Gasteiger partial charge in [-0.2, -0.15) is 0 Å². The summed E-state index contributed by atoms with van der Waals surface area (Å²) >= 11 is 0. The summed E-state index contributed by atoms with van der Waals surface area (Å²) in [6.07, 6.45) is 6.15. The van der Waals surface area contributed by atoms with Gasteiger partial charge < -0.3 is 14.3 Å². The molecule has 0 bridgehead atoms. The summed E-state index contributed by atoms with van der Waals surface area (Å²) in [7, 11) is 2.14. The van der Waals surface area contributed by atoms with Gasteiger partial charge in [0.2, 0.25) is 0 Å². The van der Waals surface area contributed by atoms with E-state index in [9.17, 15) is 4.79 Å². The zero-order chi connectivity index (χ0) is 20.1. The molecule has 4 aromatic rings. The van der Waals surface area contributed by atoms with E-state index in [4.69, 9.17) is 4.98 Å². The van der Waals surface area contributed by atoms with Gasteiger partial charge >= 0.3 is 0 Å². The van der Waals surface area contributed by atoms with Crippen molar-refractivity contribution in [3.8, 4) is 11.1 Å². The number of aryl methyl sites for hydroxylation is 2. The zero-order valence-corrected chi connectivity index (χ0v) is 17.1. The molecular weight excluding hydrogens is 362 g/mol. The second kappa shape index (κ2) is 6.81. The molecular formula is C23H25N5O. The predicted molar refractivity (Wildman–Crippen MR) is 115 cm³/mol. The van der Waals surface area contributed by atoms with Gasteiger partial charge in [-0.05, 0) is 81.7 Å². The fourth-order valence-corrected chi connectivity index (χ4v) is 4.48. The minimum Gasteiger partial charge on any atom is -0.310 e. The number of pyridine rings is 1. The molecule has 3 aromatic heterocycles. The molecule has 4 heterocycles. The molecule has 1 aliphatic rings. The van der Waals surface area contributed by atoms with Crippen molar-refractivity contribution in [2.24, 2.45) is 0 Å². The van der Waals surface area contributed by atoms with Crippen LogP contribution in [0.25, 0.3) is 27.7 Å². The molecule has 0 radical (unpaired) electrons. The van der Waals surface area contributed by atoms with Crippen LogP contribution in [0.4, 0.5) is 0 Å². The Morgan fingerprint density at radius 3 is 2.62 bits per heavy atom. The number of nitrogens with one attached hydrogen (secondary N) is 1. The standard InChI is InChI=1S/C23H25N5O/c1-14-12-28-13-17(4-7-20(28)24-14)18-5-6-19-21(15(18)2)23(29)26-22(25-19)16-8-10-27(3)11-9-16/h4-7,12-13,16H,8-11H2,1-3H3,(H,25,26,29). The molecule has 6 heteroatoms. The number of aromatic nitrogens is 4. The Bertz CT molecular complexity index is 1280. The highest BCUT2D eigenvalue weighted by Gasteiger charge is 2.22. The number of hydrogen-bond acceptors (Lipinski definition) is 4. The molecule has 0 atom stereocenters. The van der Waals surface area contributed by atoms with Gasteiger partial charge in [0.25, 0.3) is 5.56 Å². The van der Waals surface area contributed by atoms with Gasteiger partial charge in [0.1, 0.15) is 11.5 Å². The van der Waals surface area contributed by atoms with E-state index in [0.29, 0.717) is 11.3 Å². The van der Waals surface area contributed by atoms with Crippen LogP contribution in [-0.4, -0.2) is 44.4 Å². The first-order valence-electron chi connectivity index (χ1n) is 10.2. The van der Waals surface area contributed by atoms with E-state index in [1.54, 1.807) is 0 Å². The summed E-state index contributed by atoms with van der Waals surface area (Å²) in [4.78, 5) is 27.7. The lowest BCUT2D eigenvalue weighted by atomic mass is 9.95. The van der Waals surface area contributed by atoms with E-state index in [2.05, 4.69) is 40.2 Å². The predicted octanol–water partition coefficient (Wildman–Crippen LogP) is 3.66. The molecule has 1 fully saturated rings. The van der Waals surface area contributed by atoms with E-state index in [1.807, 2.05) is 36.6 Å². The molecule has 148 valence electrons. The number of benzene rings is 1. The maximum Gasteiger partial charge on any atom is 0.259 e. The summed E-state index contributed by atoms with van der Waals surface area (Å²) in [5.74, 6) is 1.16. The summed E-state index contributed by atoms with van der Waals surface area (Å²) in [5.41, 5.74) is 5.72. The van der Waals surface area contributed by atoms with E-state index in [0.717, 1.165) is 65.3 Å². The Hall–Kier alpha value is -2.99. The molecule has 1 aliphatic heterocycles. The van der Waals surface area contributed by atoms with Crippen molar-refractivity contribution < 1.29 is 0 Å². The van der Waals surface area contributed by atoms with Gasteiger partial charge in [-0.25, -0.2) is 9.97 Å². The molecule has 29 heavy (non-hydrogen) atoms. The number of aromatic amines is 1. The Balaban J connectivity index is 1.59. The highest BCUT2D eigenvalue weighted by molar-refractivity contribution is 5.88. The summed E-state index contributed by atoms with van der Waals surface area (Å²) in [6.45, 7) is 6.08. The maximum absolute atomic E-state index is 13.0. The Morgan fingerprint density at radius 2 is 1.83 bits per heavy atom. The minimum atomic E-state index is -0.0390. The van der Waals surface area contributed by atoms with Crippen LogP contribution in [0.3, 0.4) is 0 Å². The van der Waals surface area contributed by atoms with Crippen molar-refractivity contribution in [1.82, 2.24) is 24.3 Å². The van der Waals surface area contributed by atoms with E-state index >= 15 is 0 Å². The van der Waals surface area contributed by atoms with E-state index < -0.39 is 0 Å². The SMILES string of the molecule is Cc1cn2cc(-c3ccc4nc(C5CCN(C)CC5)[nH]c(=O)c4c3C)ccc2n1. The second-order valence-corrected chi connectivity index (χ2v) is 8.23. The zero-order valence-electron chi connectivity index (χ0n) is 17.1. The van der Waals surface area contributed by atoms with Gasteiger partial charge in [-0.1, -0.05) is 6.07 Å². The molecule has 5 rings (SSSR count). The van der Waals surface area contributed by atoms with Crippen molar-refractivity contribution in [2.75, 3.05) is 20.1 Å². The van der Waals surface area contributed by atoms with Crippen molar-refractivity contribution in [3.05, 3.63) is 64.1 Å². The lowest BCUT2D eigenvalue weighted by Gasteiger charge is -2.28. The highest BCUT2D eigenvalue weighted by Crippen LogP contribution is 2.30. The van der Waals surface area contributed by atoms with Crippen LogP contribution in [-0.2, 0) is 0 Å². The van der Waals surface area contributed by atoms with Crippen molar-refractivity contribution in [2.45, 2.75) is 32.6 Å². The lowest BCUT2D eigenvalue weighted by molar-refractivity contribution is 0.251. The quantitative estimate of drug-likeness (QED) is 0.570. The van der Waals surface area contributed by atoms with Crippen LogP contribution in [0.5, 0.6) is 0 Å². The normalized spacial score (nSPS) is 16.1. The fraction of sp³-hybridized carbons (Fsp3) is 0.348. The van der Waals surface area contributed by atoms with Crippen LogP contribution < -0.4 is 5.56 Å². The van der Waals surface area contributed by atoms with Crippen LogP contribution in [0.2, 0.25) is 0 Å².